The van der Waals surface area contributed by atoms with Gasteiger partial charge in [0.15, 0.2) is 5.82 Å². The summed E-state index contributed by atoms with van der Waals surface area (Å²) in [6, 6.07) is 2.40. The number of anilines is 1. The van der Waals surface area contributed by atoms with E-state index in [1.54, 1.807) is 24.1 Å². The Kier molecular flexibility index (Phi) is 4.64. The molecule has 3 N–H and O–H groups in total. The highest BCUT2D eigenvalue weighted by Gasteiger charge is 2.21. The molecule has 0 spiro atoms. The van der Waals surface area contributed by atoms with E-state index >= 15 is 0 Å². The molecule has 0 aliphatic carbocycles. The Bertz CT molecular complexity index is 761. The van der Waals surface area contributed by atoms with E-state index in [0.717, 1.165) is 11.6 Å². The molecule has 0 radical (unpaired) electrons. The van der Waals surface area contributed by atoms with Gasteiger partial charge in [0, 0.05) is 25.5 Å². The number of halogens is 2. The van der Waals surface area contributed by atoms with Crippen molar-refractivity contribution in [1.82, 2.24) is 14.5 Å². The number of aryl methyl sites for hydroxylation is 1. The molecule has 0 amide bonds. The first-order valence-electron chi connectivity index (χ1n) is 6.01. The van der Waals surface area contributed by atoms with Crippen molar-refractivity contribution in [2.24, 2.45) is 7.05 Å². The maximum absolute atomic E-state index is 13.9. The van der Waals surface area contributed by atoms with Gasteiger partial charge in [-0.05, 0) is 40.0 Å². The number of hydrogen-bond acceptors (Lipinski definition) is 4. The molecule has 0 saturated heterocycles. The molecule has 21 heavy (non-hydrogen) atoms. The standard InChI is InChI=1S/C12H14BrFN4O2S/c1-18-7-8(6-16-18)2-3-17-21(19,20)11-5-9(15)4-10(13)12(11)14/h4-7,17H,2-3,15H2,1H3. The van der Waals surface area contributed by atoms with Crippen molar-refractivity contribution in [3.63, 3.8) is 0 Å². The molecule has 0 unspecified atom stereocenters. The highest BCUT2D eigenvalue weighted by molar-refractivity contribution is 9.10. The minimum absolute atomic E-state index is 0.00938. The van der Waals surface area contributed by atoms with Gasteiger partial charge in [-0.2, -0.15) is 5.10 Å². The van der Waals surface area contributed by atoms with E-state index in [2.05, 4.69) is 25.8 Å². The molecule has 0 saturated carbocycles. The van der Waals surface area contributed by atoms with E-state index in [1.165, 1.54) is 6.07 Å². The third-order valence-electron chi connectivity index (χ3n) is 2.77. The zero-order valence-electron chi connectivity index (χ0n) is 11.2. The maximum atomic E-state index is 13.9. The molecule has 1 aromatic carbocycles. The van der Waals surface area contributed by atoms with Crippen molar-refractivity contribution < 1.29 is 12.8 Å². The van der Waals surface area contributed by atoms with Crippen LogP contribution >= 0.6 is 15.9 Å². The third-order valence-corrected chi connectivity index (χ3v) is 4.81. The van der Waals surface area contributed by atoms with E-state index in [9.17, 15) is 12.8 Å². The molecule has 0 atom stereocenters. The van der Waals surface area contributed by atoms with Gasteiger partial charge in [-0.15, -0.1) is 0 Å². The van der Waals surface area contributed by atoms with Gasteiger partial charge in [0.2, 0.25) is 10.0 Å². The first-order valence-corrected chi connectivity index (χ1v) is 8.29. The van der Waals surface area contributed by atoms with Crippen LogP contribution in [0.3, 0.4) is 0 Å². The number of nitrogen functional groups attached to an aromatic ring is 1. The summed E-state index contributed by atoms with van der Waals surface area (Å²) in [7, 11) is -2.19. The van der Waals surface area contributed by atoms with Gasteiger partial charge in [-0.1, -0.05) is 0 Å². The Hall–Kier alpha value is -1.45. The highest BCUT2D eigenvalue weighted by Crippen LogP contribution is 2.25. The molecule has 1 aromatic heterocycles. The number of nitrogens with two attached hydrogens (primary N) is 1. The third kappa shape index (κ3) is 3.80. The predicted molar refractivity (Wildman–Crippen MR) is 80.6 cm³/mol. The van der Waals surface area contributed by atoms with Crippen LogP contribution in [0.25, 0.3) is 0 Å². The number of aromatic nitrogens is 2. The first-order chi connectivity index (χ1) is 9.79. The van der Waals surface area contributed by atoms with E-state index in [4.69, 9.17) is 5.73 Å². The van der Waals surface area contributed by atoms with Crippen molar-refractivity contribution in [2.75, 3.05) is 12.3 Å². The van der Waals surface area contributed by atoms with Crippen LogP contribution in [0, 0.1) is 5.82 Å². The summed E-state index contributed by atoms with van der Waals surface area (Å²) in [6.07, 6.45) is 3.89. The van der Waals surface area contributed by atoms with Crippen LogP contribution in [0.4, 0.5) is 10.1 Å². The molecule has 6 nitrogen and oxygen atoms in total. The summed E-state index contributed by atoms with van der Waals surface area (Å²) in [6.45, 7) is 0.139. The summed E-state index contributed by atoms with van der Waals surface area (Å²) in [5, 5.41) is 3.98. The quantitative estimate of drug-likeness (QED) is 0.772. The molecule has 114 valence electrons. The van der Waals surface area contributed by atoms with Crippen LogP contribution in [0.15, 0.2) is 33.9 Å². The van der Waals surface area contributed by atoms with E-state index in [-0.39, 0.29) is 16.7 Å². The lowest BCUT2D eigenvalue weighted by Crippen LogP contribution is -2.27. The minimum atomic E-state index is -3.96. The van der Waals surface area contributed by atoms with Gasteiger partial charge in [-0.25, -0.2) is 17.5 Å². The Balaban J connectivity index is 2.12. The van der Waals surface area contributed by atoms with Gasteiger partial charge in [0.1, 0.15) is 4.90 Å². The lowest BCUT2D eigenvalue weighted by molar-refractivity contribution is 0.554. The van der Waals surface area contributed by atoms with Crippen LogP contribution in [-0.4, -0.2) is 24.7 Å². The number of sulfonamides is 1. The normalized spacial score (nSPS) is 11.8. The van der Waals surface area contributed by atoms with Crippen LogP contribution in [0.2, 0.25) is 0 Å². The monoisotopic (exact) mass is 376 g/mol. The van der Waals surface area contributed by atoms with E-state index in [1.807, 2.05) is 0 Å². The number of nitrogens with zero attached hydrogens (tertiary/aromatic N) is 2. The summed E-state index contributed by atoms with van der Waals surface area (Å²) in [5.74, 6) is -0.863. The second-order valence-electron chi connectivity index (χ2n) is 4.48. The highest BCUT2D eigenvalue weighted by atomic mass is 79.9. The summed E-state index contributed by atoms with van der Waals surface area (Å²) < 4.78 is 42.1. The fourth-order valence-electron chi connectivity index (χ4n) is 1.79. The van der Waals surface area contributed by atoms with Crippen molar-refractivity contribution in [2.45, 2.75) is 11.3 Å². The van der Waals surface area contributed by atoms with Crippen LogP contribution in [-0.2, 0) is 23.5 Å². The van der Waals surface area contributed by atoms with Crippen molar-refractivity contribution >= 4 is 31.6 Å². The number of benzene rings is 1. The molecule has 9 heteroatoms. The van der Waals surface area contributed by atoms with Crippen molar-refractivity contribution in [3.8, 4) is 0 Å². The fraction of sp³-hybridized carbons (Fsp3) is 0.250. The van der Waals surface area contributed by atoms with E-state index in [0.29, 0.717) is 6.42 Å². The van der Waals surface area contributed by atoms with Gasteiger partial charge >= 0.3 is 0 Å². The second kappa shape index (κ2) is 6.12. The molecule has 2 aromatic rings. The topological polar surface area (TPSA) is 90.0 Å². The summed E-state index contributed by atoms with van der Waals surface area (Å²) >= 11 is 2.94. The van der Waals surface area contributed by atoms with E-state index < -0.39 is 20.7 Å². The lowest BCUT2D eigenvalue weighted by atomic mass is 10.3. The average molecular weight is 377 g/mol. The molecule has 0 fully saturated rings. The van der Waals surface area contributed by atoms with Gasteiger partial charge < -0.3 is 5.73 Å². The Morgan fingerprint density at radius 3 is 2.81 bits per heavy atom. The van der Waals surface area contributed by atoms with Gasteiger partial charge in [0.05, 0.1) is 10.7 Å². The fourth-order valence-corrected chi connectivity index (χ4v) is 3.56. The zero-order chi connectivity index (χ0) is 15.6. The molecule has 0 bridgehead atoms. The number of rotatable bonds is 5. The number of hydrogen-bond donors (Lipinski definition) is 2. The maximum Gasteiger partial charge on any atom is 0.243 e. The van der Waals surface area contributed by atoms with Gasteiger partial charge in [-0.3, -0.25) is 4.68 Å². The molecular weight excluding hydrogens is 363 g/mol. The number of nitrogens with one attached hydrogen (secondary N) is 1. The predicted octanol–water partition coefficient (Wildman–Crippen LogP) is 1.42. The molecule has 1 heterocycles. The molecule has 0 aliphatic rings. The lowest BCUT2D eigenvalue weighted by Gasteiger charge is -2.09. The van der Waals surface area contributed by atoms with Gasteiger partial charge in [0.25, 0.3) is 0 Å². The largest absolute Gasteiger partial charge is 0.399 e. The van der Waals surface area contributed by atoms with Crippen molar-refractivity contribution in [1.29, 1.82) is 0 Å². The second-order valence-corrected chi connectivity index (χ2v) is 7.07. The summed E-state index contributed by atoms with van der Waals surface area (Å²) in [5.41, 5.74) is 6.59. The Labute approximate surface area is 130 Å². The molecular formula is C12H14BrFN4O2S. The van der Waals surface area contributed by atoms with Crippen LogP contribution in [0.1, 0.15) is 5.56 Å². The Morgan fingerprint density at radius 2 is 2.19 bits per heavy atom. The van der Waals surface area contributed by atoms with Crippen LogP contribution < -0.4 is 10.5 Å². The Morgan fingerprint density at radius 1 is 1.48 bits per heavy atom. The summed E-state index contributed by atoms with van der Waals surface area (Å²) in [4.78, 5) is -0.472. The van der Waals surface area contributed by atoms with Crippen molar-refractivity contribution in [3.05, 3.63) is 40.4 Å². The SMILES string of the molecule is Cn1cc(CCNS(=O)(=O)c2cc(N)cc(Br)c2F)cn1. The first kappa shape index (κ1) is 15.9. The zero-order valence-corrected chi connectivity index (χ0v) is 13.6. The smallest absolute Gasteiger partial charge is 0.243 e. The average Bonchev–Trinajstić information content (AvgIpc) is 2.79. The molecule has 0 aliphatic heterocycles. The minimum Gasteiger partial charge on any atom is -0.399 e. The molecule has 2 rings (SSSR count). The van der Waals surface area contributed by atoms with Crippen LogP contribution in [0.5, 0.6) is 0 Å².